The molecule has 0 spiro atoms. The number of rotatable bonds is 3. The summed E-state index contributed by atoms with van der Waals surface area (Å²) in [4.78, 5) is 11.3. The summed E-state index contributed by atoms with van der Waals surface area (Å²) in [6.45, 7) is 0. The van der Waals surface area contributed by atoms with Crippen LogP contribution in [0.3, 0.4) is 0 Å². The molecular weight excluding hydrogens is 254 g/mol. The second-order valence-corrected chi connectivity index (χ2v) is 5.21. The summed E-state index contributed by atoms with van der Waals surface area (Å²) in [6.07, 6.45) is 2.08. The van der Waals surface area contributed by atoms with Crippen molar-refractivity contribution >= 4 is 34.4 Å². The molecule has 0 aliphatic carbocycles. The van der Waals surface area contributed by atoms with Gasteiger partial charge in [0.15, 0.2) is 0 Å². The maximum atomic E-state index is 4.60. The van der Waals surface area contributed by atoms with Crippen LogP contribution >= 0.6 is 11.8 Å². The first kappa shape index (κ1) is 12.1. The van der Waals surface area contributed by atoms with Gasteiger partial charge in [0, 0.05) is 17.6 Å². The van der Waals surface area contributed by atoms with Crippen LogP contribution in [-0.2, 0) is 0 Å². The highest BCUT2D eigenvalue weighted by Crippen LogP contribution is 2.25. The summed E-state index contributed by atoms with van der Waals surface area (Å²) >= 11 is 1.75. The molecule has 0 aliphatic heterocycles. The van der Waals surface area contributed by atoms with Gasteiger partial charge in [0.2, 0.25) is 5.95 Å². The smallest absolute Gasteiger partial charge is 0.208 e. The van der Waals surface area contributed by atoms with Gasteiger partial charge in [-0.15, -0.1) is 11.8 Å². The fourth-order valence-corrected chi connectivity index (χ4v) is 2.43. The zero-order valence-electron chi connectivity index (χ0n) is 10.9. The molecule has 0 amide bonds. The van der Waals surface area contributed by atoms with Gasteiger partial charge in [-0.25, -0.2) is 4.98 Å². The monoisotopic (exact) mass is 269 g/mol. The molecule has 1 aromatic heterocycles. The third-order valence-corrected chi connectivity index (χ3v) is 3.90. The molecule has 2 aromatic carbocycles. The number of nitrogens with one attached hydrogen (secondary N) is 1. The van der Waals surface area contributed by atoms with E-state index in [1.165, 1.54) is 4.90 Å². The first-order chi connectivity index (χ1) is 9.28. The minimum absolute atomic E-state index is 0.859. The van der Waals surface area contributed by atoms with Crippen molar-refractivity contribution in [2.24, 2.45) is 0 Å². The van der Waals surface area contributed by atoms with Gasteiger partial charge < -0.3 is 9.88 Å². The summed E-state index contributed by atoms with van der Waals surface area (Å²) in [5.41, 5.74) is 3.17. The molecule has 96 valence electrons. The number of hydrogen-bond donors (Lipinski definition) is 1. The molecule has 0 saturated carbocycles. The number of thioether (sulfide) groups is 1. The second kappa shape index (κ2) is 4.97. The minimum Gasteiger partial charge on any atom is -0.324 e. The number of benzene rings is 2. The lowest BCUT2D eigenvalue weighted by Gasteiger charge is -2.16. The standard InChI is InChI=1S/C15H15N3S/c1-18(11-7-9-12(19-2)10-8-11)15-16-13-5-3-4-6-14(13)17-15/h3-10H,1-2H3,(H,16,17). The number of H-pyrrole nitrogens is 1. The van der Waals surface area contributed by atoms with Gasteiger partial charge in [-0.05, 0) is 42.7 Å². The van der Waals surface area contributed by atoms with E-state index in [0.29, 0.717) is 0 Å². The Morgan fingerprint density at radius 1 is 1.05 bits per heavy atom. The highest BCUT2D eigenvalue weighted by atomic mass is 32.2. The van der Waals surface area contributed by atoms with Crippen LogP contribution < -0.4 is 4.90 Å². The summed E-state index contributed by atoms with van der Waals surface area (Å²) in [5, 5.41) is 0. The lowest BCUT2D eigenvalue weighted by Crippen LogP contribution is -2.10. The maximum Gasteiger partial charge on any atom is 0.208 e. The van der Waals surface area contributed by atoms with E-state index in [0.717, 1.165) is 22.7 Å². The van der Waals surface area contributed by atoms with E-state index < -0.39 is 0 Å². The van der Waals surface area contributed by atoms with Crippen LogP contribution in [0.5, 0.6) is 0 Å². The van der Waals surface area contributed by atoms with E-state index in [1.807, 2.05) is 31.3 Å². The van der Waals surface area contributed by atoms with Crippen molar-refractivity contribution in [1.29, 1.82) is 0 Å². The first-order valence-corrected chi connectivity index (χ1v) is 7.33. The van der Waals surface area contributed by atoms with Crippen LogP contribution in [0, 0.1) is 0 Å². The zero-order chi connectivity index (χ0) is 13.2. The molecule has 0 saturated heterocycles. The Hall–Kier alpha value is -1.94. The number of aromatic nitrogens is 2. The molecule has 0 unspecified atom stereocenters. The third-order valence-electron chi connectivity index (χ3n) is 3.15. The van der Waals surface area contributed by atoms with E-state index in [1.54, 1.807) is 11.8 Å². The first-order valence-electron chi connectivity index (χ1n) is 6.10. The number of anilines is 2. The predicted octanol–water partition coefficient (Wildman–Crippen LogP) is 4.05. The Balaban J connectivity index is 1.95. The Morgan fingerprint density at radius 2 is 1.79 bits per heavy atom. The molecule has 0 atom stereocenters. The summed E-state index contributed by atoms with van der Waals surface area (Å²) < 4.78 is 0. The molecule has 19 heavy (non-hydrogen) atoms. The summed E-state index contributed by atoms with van der Waals surface area (Å²) in [7, 11) is 2.02. The van der Waals surface area contributed by atoms with E-state index >= 15 is 0 Å². The van der Waals surface area contributed by atoms with Crippen LogP contribution in [0.15, 0.2) is 53.4 Å². The van der Waals surface area contributed by atoms with Crippen molar-refractivity contribution in [1.82, 2.24) is 9.97 Å². The van der Waals surface area contributed by atoms with Gasteiger partial charge in [-0.3, -0.25) is 0 Å². The van der Waals surface area contributed by atoms with Crippen molar-refractivity contribution in [3.05, 3.63) is 48.5 Å². The molecule has 3 nitrogen and oxygen atoms in total. The van der Waals surface area contributed by atoms with Crippen LogP contribution in [0.25, 0.3) is 11.0 Å². The van der Waals surface area contributed by atoms with Gasteiger partial charge in [-0.1, -0.05) is 12.1 Å². The van der Waals surface area contributed by atoms with Crippen LogP contribution in [0.2, 0.25) is 0 Å². The number of fused-ring (bicyclic) bond motifs is 1. The molecule has 1 N–H and O–H groups in total. The largest absolute Gasteiger partial charge is 0.324 e. The number of aromatic amines is 1. The second-order valence-electron chi connectivity index (χ2n) is 4.33. The minimum atomic E-state index is 0.859. The number of imidazole rings is 1. The van der Waals surface area contributed by atoms with Crippen molar-refractivity contribution in [3.8, 4) is 0 Å². The Kier molecular flexibility index (Phi) is 3.17. The highest BCUT2D eigenvalue weighted by molar-refractivity contribution is 7.98. The molecule has 1 heterocycles. The highest BCUT2D eigenvalue weighted by Gasteiger charge is 2.08. The average molecular weight is 269 g/mol. The van der Waals surface area contributed by atoms with Gasteiger partial charge in [-0.2, -0.15) is 0 Å². The molecule has 0 radical (unpaired) electrons. The quantitative estimate of drug-likeness (QED) is 0.728. The lowest BCUT2D eigenvalue weighted by molar-refractivity contribution is 1.10. The molecule has 3 rings (SSSR count). The maximum absolute atomic E-state index is 4.60. The number of para-hydroxylation sites is 2. The SMILES string of the molecule is CSc1ccc(N(C)c2nc3ccccc3[nH]2)cc1. The van der Waals surface area contributed by atoms with Crippen molar-refractivity contribution in [3.63, 3.8) is 0 Å². The molecule has 0 bridgehead atoms. The summed E-state index contributed by atoms with van der Waals surface area (Å²) in [6, 6.07) is 16.5. The molecule has 4 heteroatoms. The molecule has 0 fully saturated rings. The fourth-order valence-electron chi connectivity index (χ4n) is 2.03. The summed E-state index contributed by atoms with van der Waals surface area (Å²) in [5.74, 6) is 0.859. The Morgan fingerprint density at radius 3 is 2.47 bits per heavy atom. The van der Waals surface area contributed by atoms with Crippen LogP contribution in [-0.4, -0.2) is 23.3 Å². The van der Waals surface area contributed by atoms with E-state index in [2.05, 4.69) is 45.4 Å². The number of nitrogens with zero attached hydrogens (tertiary/aromatic N) is 2. The molecule has 3 aromatic rings. The third kappa shape index (κ3) is 2.31. The van der Waals surface area contributed by atoms with Crippen LogP contribution in [0.4, 0.5) is 11.6 Å². The van der Waals surface area contributed by atoms with E-state index in [-0.39, 0.29) is 0 Å². The van der Waals surface area contributed by atoms with E-state index in [9.17, 15) is 0 Å². The van der Waals surface area contributed by atoms with Crippen molar-refractivity contribution in [2.45, 2.75) is 4.90 Å². The van der Waals surface area contributed by atoms with Crippen molar-refractivity contribution in [2.75, 3.05) is 18.2 Å². The Bertz CT molecular complexity index is 655. The zero-order valence-corrected chi connectivity index (χ0v) is 11.7. The molecular formula is C15H15N3S. The lowest BCUT2D eigenvalue weighted by atomic mass is 10.3. The normalized spacial score (nSPS) is 10.8. The molecule has 0 aliphatic rings. The van der Waals surface area contributed by atoms with Crippen LogP contribution in [0.1, 0.15) is 0 Å². The average Bonchev–Trinajstić information content (AvgIpc) is 2.90. The topological polar surface area (TPSA) is 31.9 Å². The van der Waals surface area contributed by atoms with Gasteiger partial charge in [0.05, 0.1) is 11.0 Å². The van der Waals surface area contributed by atoms with Gasteiger partial charge in [0.1, 0.15) is 0 Å². The van der Waals surface area contributed by atoms with E-state index in [4.69, 9.17) is 0 Å². The van der Waals surface area contributed by atoms with Crippen molar-refractivity contribution < 1.29 is 0 Å². The predicted molar refractivity (Wildman–Crippen MR) is 82.4 cm³/mol. The van der Waals surface area contributed by atoms with Gasteiger partial charge >= 0.3 is 0 Å². The number of hydrogen-bond acceptors (Lipinski definition) is 3. The Labute approximate surface area is 116 Å². The fraction of sp³-hybridized carbons (Fsp3) is 0.133. The van der Waals surface area contributed by atoms with Gasteiger partial charge in [0.25, 0.3) is 0 Å².